The van der Waals surface area contributed by atoms with Crippen LogP contribution in [0.4, 0.5) is 5.69 Å². The van der Waals surface area contributed by atoms with E-state index in [0.717, 1.165) is 18.4 Å². The number of carbonyl (C=O) groups excluding carboxylic acids is 1. The van der Waals surface area contributed by atoms with E-state index < -0.39 is 0 Å². The topological polar surface area (TPSA) is 51.3 Å². The van der Waals surface area contributed by atoms with Crippen LogP contribution in [0.15, 0.2) is 36.5 Å². The minimum Gasteiger partial charge on any atom is -0.397 e. The number of hydrogen-bond donors (Lipinski definition) is 1. The number of amides is 1. The summed E-state index contributed by atoms with van der Waals surface area (Å²) in [5.74, 6) is -0.0152. The second kappa shape index (κ2) is 5.45. The summed E-state index contributed by atoms with van der Waals surface area (Å²) < 4.78 is 2.01. The lowest BCUT2D eigenvalue weighted by Gasteiger charge is -2.18. The molecule has 0 bridgehead atoms. The van der Waals surface area contributed by atoms with E-state index >= 15 is 0 Å². The lowest BCUT2D eigenvalue weighted by atomic mass is 10.2. The second-order valence-corrected chi connectivity index (χ2v) is 6.02. The van der Waals surface area contributed by atoms with Crippen LogP contribution in [0.25, 0.3) is 0 Å². The van der Waals surface area contributed by atoms with Gasteiger partial charge in [-0.2, -0.15) is 0 Å². The molecule has 1 aliphatic carbocycles. The average molecular weight is 304 g/mol. The highest BCUT2D eigenvalue weighted by molar-refractivity contribution is 6.30. The minimum absolute atomic E-state index is 0.0152. The number of nitrogens with zero attached hydrogens (tertiary/aromatic N) is 2. The number of nitrogen functional groups attached to an aromatic ring is 1. The molecule has 1 aliphatic rings. The zero-order chi connectivity index (χ0) is 15.0. The first-order chi connectivity index (χ1) is 10.0. The fourth-order valence-electron chi connectivity index (χ4n) is 2.50. The van der Waals surface area contributed by atoms with Crippen molar-refractivity contribution in [2.75, 3.05) is 12.8 Å². The Balaban J connectivity index is 1.78. The molecular formula is C16H18ClN3O. The van der Waals surface area contributed by atoms with Crippen LogP contribution >= 0.6 is 11.6 Å². The molecule has 0 unspecified atom stereocenters. The van der Waals surface area contributed by atoms with Gasteiger partial charge in [-0.25, -0.2) is 0 Å². The van der Waals surface area contributed by atoms with Gasteiger partial charge in [-0.3, -0.25) is 4.79 Å². The Bertz CT molecular complexity index is 676. The SMILES string of the molecule is CN(Cc1cccc(Cl)c1)C(=O)c1cc(N)cn1C1CC1. The van der Waals surface area contributed by atoms with Gasteiger partial charge in [-0.15, -0.1) is 0 Å². The Morgan fingerprint density at radius 1 is 1.43 bits per heavy atom. The highest BCUT2D eigenvalue weighted by Gasteiger charge is 2.28. The second-order valence-electron chi connectivity index (χ2n) is 5.59. The third-order valence-electron chi connectivity index (χ3n) is 3.68. The highest BCUT2D eigenvalue weighted by Crippen LogP contribution is 2.37. The molecule has 0 aliphatic heterocycles. The van der Waals surface area contributed by atoms with Crippen LogP contribution < -0.4 is 5.73 Å². The van der Waals surface area contributed by atoms with Crippen LogP contribution in [0.5, 0.6) is 0 Å². The molecule has 1 aromatic carbocycles. The average Bonchev–Trinajstić information content (AvgIpc) is 3.21. The summed E-state index contributed by atoms with van der Waals surface area (Å²) in [5, 5.41) is 0.680. The standard InChI is InChI=1S/C16H18ClN3O/c1-19(9-11-3-2-4-12(17)7-11)16(21)15-8-13(18)10-20(15)14-5-6-14/h2-4,7-8,10,14H,5-6,9,18H2,1H3. The van der Waals surface area contributed by atoms with E-state index in [-0.39, 0.29) is 5.91 Å². The van der Waals surface area contributed by atoms with Crippen LogP contribution in [0, 0.1) is 0 Å². The Labute approximate surface area is 129 Å². The predicted molar refractivity (Wildman–Crippen MR) is 84.4 cm³/mol. The molecule has 1 amide bonds. The number of benzene rings is 1. The van der Waals surface area contributed by atoms with Crippen LogP contribution in [0.1, 0.15) is 34.9 Å². The summed E-state index contributed by atoms with van der Waals surface area (Å²) in [6.45, 7) is 0.523. The fourth-order valence-corrected chi connectivity index (χ4v) is 2.72. The smallest absolute Gasteiger partial charge is 0.270 e. The van der Waals surface area contributed by atoms with Crippen molar-refractivity contribution < 1.29 is 4.79 Å². The van der Waals surface area contributed by atoms with Gasteiger partial charge in [0.15, 0.2) is 0 Å². The maximum Gasteiger partial charge on any atom is 0.270 e. The van der Waals surface area contributed by atoms with Crippen molar-refractivity contribution in [3.05, 3.63) is 52.8 Å². The number of rotatable bonds is 4. The fraction of sp³-hybridized carbons (Fsp3) is 0.312. The van der Waals surface area contributed by atoms with Crippen molar-refractivity contribution in [2.24, 2.45) is 0 Å². The quantitative estimate of drug-likeness (QED) is 0.942. The highest BCUT2D eigenvalue weighted by atomic mass is 35.5. The third-order valence-corrected chi connectivity index (χ3v) is 3.92. The first-order valence-electron chi connectivity index (χ1n) is 7.02. The Hall–Kier alpha value is -1.94. The zero-order valence-corrected chi connectivity index (χ0v) is 12.7. The van der Waals surface area contributed by atoms with Gasteiger partial charge in [0, 0.05) is 30.9 Å². The maximum absolute atomic E-state index is 12.6. The third kappa shape index (κ3) is 3.05. The molecule has 110 valence electrons. The largest absolute Gasteiger partial charge is 0.397 e. The van der Waals surface area contributed by atoms with Crippen molar-refractivity contribution in [1.82, 2.24) is 9.47 Å². The van der Waals surface area contributed by atoms with Crippen molar-refractivity contribution in [2.45, 2.75) is 25.4 Å². The lowest BCUT2D eigenvalue weighted by Crippen LogP contribution is -2.28. The van der Waals surface area contributed by atoms with Crippen molar-refractivity contribution in [3.63, 3.8) is 0 Å². The Kier molecular flexibility index (Phi) is 3.64. The zero-order valence-electron chi connectivity index (χ0n) is 11.9. The van der Waals surface area contributed by atoms with Crippen LogP contribution in [0.3, 0.4) is 0 Å². The van der Waals surface area contributed by atoms with Crippen LogP contribution in [0.2, 0.25) is 5.02 Å². The molecule has 0 spiro atoms. The number of carbonyl (C=O) groups is 1. The van der Waals surface area contributed by atoms with E-state index in [1.807, 2.05) is 35.0 Å². The molecule has 1 aromatic heterocycles. The summed E-state index contributed by atoms with van der Waals surface area (Å²) in [6, 6.07) is 9.74. The maximum atomic E-state index is 12.6. The Morgan fingerprint density at radius 3 is 2.86 bits per heavy atom. The first-order valence-corrected chi connectivity index (χ1v) is 7.39. The molecule has 5 heteroatoms. The summed E-state index contributed by atoms with van der Waals surface area (Å²) in [5.41, 5.74) is 8.16. The molecule has 21 heavy (non-hydrogen) atoms. The van der Waals surface area contributed by atoms with Gasteiger partial charge in [0.1, 0.15) is 5.69 Å². The number of halogens is 1. The molecule has 1 saturated carbocycles. The first kappa shape index (κ1) is 14.0. The van der Waals surface area contributed by atoms with Gasteiger partial charge >= 0.3 is 0 Å². The molecule has 2 aromatic rings. The predicted octanol–water partition coefficient (Wildman–Crippen LogP) is 3.33. The molecule has 3 rings (SSSR count). The van der Waals surface area contributed by atoms with Crippen LogP contribution in [-0.2, 0) is 6.54 Å². The van der Waals surface area contributed by atoms with Gasteiger partial charge < -0.3 is 15.2 Å². The van der Waals surface area contributed by atoms with Gasteiger partial charge in [0.2, 0.25) is 0 Å². The van der Waals surface area contributed by atoms with Gasteiger partial charge in [0.05, 0.1) is 5.69 Å². The number of nitrogens with two attached hydrogens (primary N) is 1. The lowest BCUT2D eigenvalue weighted by molar-refractivity contribution is 0.0774. The molecule has 1 heterocycles. The van der Waals surface area contributed by atoms with Crippen molar-refractivity contribution in [3.8, 4) is 0 Å². The number of aromatic nitrogens is 1. The molecule has 1 fully saturated rings. The summed E-state index contributed by atoms with van der Waals surface area (Å²) in [6.07, 6.45) is 4.09. The molecule has 4 nitrogen and oxygen atoms in total. The van der Waals surface area contributed by atoms with Gasteiger partial charge in [-0.1, -0.05) is 23.7 Å². The van der Waals surface area contributed by atoms with E-state index in [0.29, 0.717) is 29.0 Å². The van der Waals surface area contributed by atoms with Gasteiger partial charge in [0.25, 0.3) is 5.91 Å². The van der Waals surface area contributed by atoms with E-state index in [2.05, 4.69) is 0 Å². The van der Waals surface area contributed by atoms with Crippen molar-refractivity contribution >= 4 is 23.2 Å². The van der Waals surface area contributed by atoms with E-state index in [1.54, 1.807) is 18.0 Å². The summed E-state index contributed by atoms with van der Waals surface area (Å²) >= 11 is 5.98. The van der Waals surface area contributed by atoms with Gasteiger partial charge in [-0.05, 0) is 36.6 Å². The molecule has 0 radical (unpaired) electrons. The normalized spacial score (nSPS) is 14.2. The monoisotopic (exact) mass is 303 g/mol. The molecule has 0 saturated heterocycles. The minimum atomic E-state index is -0.0152. The van der Waals surface area contributed by atoms with E-state index in [1.165, 1.54) is 0 Å². The molecular weight excluding hydrogens is 286 g/mol. The molecule has 0 atom stereocenters. The molecule has 2 N–H and O–H groups in total. The van der Waals surface area contributed by atoms with E-state index in [9.17, 15) is 4.79 Å². The van der Waals surface area contributed by atoms with E-state index in [4.69, 9.17) is 17.3 Å². The van der Waals surface area contributed by atoms with Crippen molar-refractivity contribution in [1.29, 1.82) is 0 Å². The Morgan fingerprint density at radius 2 is 2.19 bits per heavy atom. The number of anilines is 1. The van der Waals surface area contributed by atoms with Crippen LogP contribution in [-0.4, -0.2) is 22.4 Å². The summed E-state index contributed by atoms with van der Waals surface area (Å²) in [7, 11) is 1.80. The number of hydrogen-bond acceptors (Lipinski definition) is 2. The summed E-state index contributed by atoms with van der Waals surface area (Å²) in [4.78, 5) is 14.3.